The Labute approximate surface area is 156 Å². The van der Waals surface area contributed by atoms with E-state index in [1.165, 1.54) is 5.56 Å². The first-order chi connectivity index (χ1) is 13.1. The molecule has 0 amide bonds. The van der Waals surface area contributed by atoms with Gasteiger partial charge in [-0.2, -0.15) is 0 Å². The molecule has 6 rings (SSSR count). The summed E-state index contributed by atoms with van der Waals surface area (Å²) in [6, 6.07) is 4.23. The third kappa shape index (κ3) is 1.66. The van der Waals surface area contributed by atoms with E-state index < -0.39 is 17.8 Å². The van der Waals surface area contributed by atoms with E-state index in [0.717, 1.165) is 31.4 Å². The molecule has 0 N–H and O–H groups in total. The predicted octanol–water partition coefficient (Wildman–Crippen LogP) is 1.30. The average Bonchev–Trinajstić information content (AvgIpc) is 3.11. The van der Waals surface area contributed by atoms with E-state index in [2.05, 4.69) is 11.0 Å². The van der Waals surface area contributed by atoms with Gasteiger partial charge in [-0.25, -0.2) is 0 Å². The normalized spacial score (nSPS) is 40.8. The number of Topliss-reactive ketones (excluding diaryl/α,β-unsaturated/α-hetero) is 1. The molecule has 0 aromatic heterocycles. The first-order valence-corrected chi connectivity index (χ1v) is 9.60. The Morgan fingerprint density at radius 2 is 2.26 bits per heavy atom. The van der Waals surface area contributed by atoms with E-state index in [4.69, 9.17) is 18.9 Å². The quantitative estimate of drug-likeness (QED) is 0.583. The van der Waals surface area contributed by atoms with E-state index in [9.17, 15) is 9.59 Å². The van der Waals surface area contributed by atoms with Crippen LogP contribution < -0.4 is 9.47 Å². The minimum Gasteiger partial charge on any atom is -0.477 e. The first-order valence-electron chi connectivity index (χ1n) is 9.60. The van der Waals surface area contributed by atoms with Crippen molar-refractivity contribution in [3.8, 4) is 11.5 Å². The molecule has 27 heavy (non-hydrogen) atoms. The highest BCUT2D eigenvalue weighted by Crippen LogP contribution is 2.67. The largest absolute Gasteiger partial charge is 0.477 e. The molecule has 0 radical (unpaired) electrons. The van der Waals surface area contributed by atoms with E-state index in [1.807, 2.05) is 6.07 Å². The molecular weight excluding hydrogens is 350 g/mol. The van der Waals surface area contributed by atoms with Gasteiger partial charge < -0.3 is 18.9 Å². The monoisotopic (exact) mass is 371 g/mol. The van der Waals surface area contributed by atoms with Gasteiger partial charge in [-0.1, -0.05) is 6.07 Å². The van der Waals surface area contributed by atoms with Crippen LogP contribution >= 0.6 is 0 Å². The zero-order valence-corrected chi connectivity index (χ0v) is 15.1. The highest BCUT2D eigenvalue weighted by molar-refractivity contribution is 5.90. The fourth-order valence-corrected chi connectivity index (χ4v) is 6.40. The number of carbonyl (C=O) groups excluding carboxylic acids is 2. The molecule has 7 heteroatoms. The summed E-state index contributed by atoms with van der Waals surface area (Å²) in [5.74, 6) is 1.31. The predicted molar refractivity (Wildman–Crippen MR) is 91.5 cm³/mol. The number of hydrogen-bond acceptors (Lipinski definition) is 7. The van der Waals surface area contributed by atoms with Crippen LogP contribution in [0.1, 0.15) is 37.3 Å². The summed E-state index contributed by atoms with van der Waals surface area (Å²) in [5.41, 5.74) is 1.52. The van der Waals surface area contributed by atoms with E-state index in [-0.39, 0.29) is 11.4 Å². The maximum Gasteiger partial charge on any atom is 0.296 e. The second-order valence-electron chi connectivity index (χ2n) is 8.23. The Balaban J connectivity index is 1.56. The Bertz CT molecular complexity index is 870. The molecule has 3 aliphatic heterocycles. The highest BCUT2D eigenvalue weighted by atomic mass is 16.7. The summed E-state index contributed by atoms with van der Waals surface area (Å²) in [4.78, 5) is 26.0. The van der Waals surface area contributed by atoms with Crippen molar-refractivity contribution < 1.29 is 28.5 Å². The van der Waals surface area contributed by atoms with Gasteiger partial charge in [0.2, 0.25) is 6.29 Å². The second kappa shape index (κ2) is 5.02. The smallest absolute Gasteiger partial charge is 0.296 e. The molecule has 3 fully saturated rings. The molecule has 2 spiro atoms. The van der Waals surface area contributed by atoms with Crippen molar-refractivity contribution in [3.63, 3.8) is 0 Å². The highest BCUT2D eigenvalue weighted by Gasteiger charge is 2.76. The van der Waals surface area contributed by atoms with E-state index in [0.29, 0.717) is 37.2 Å². The third-order valence-corrected chi connectivity index (χ3v) is 7.34. The molecule has 4 bridgehead atoms. The first kappa shape index (κ1) is 15.9. The Kier molecular flexibility index (Phi) is 2.96. The molecule has 142 valence electrons. The molecule has 5 aliphatic rings. The number of hydrogen-bond donors (Lipinski definition) is 0. The lowest BCUT2D eigenvalue weighted by molar-refractivity contribution is -0.159. The summed E-state index contributed by atoms with van der Waals surface area (Å²) < 4.78 is 23.5. The third-order valence-electron chi connectivity index (χ3n) is 7.34. The van der Waals surface area contributed by atoms with Crippen molar-refractivity contribution in [2.75, 3.05) is 13.3 Å². The lowest BCUT2D eigenvalue weighted by Gasteiger charge is -2.59. The van der Waals surface area contributed by atoms with Gasteiger partial charge >= 0.3 is 0 Å². The maximum absolute atomic E-state index is 12.9. The van der Waals surface area contributed by atoms with Crippen LogP contribution in [0.3, 0.4) is 0 Å². The number of piperidine rings is 1. The van der Waals surface area contributed by atoms with Crippen molar-refractivity contribution >= 4 is 12.3 Å². The van der Waals surface area contributed by atoms with Crippen LogP contribution in [0.5, 0.6) is 11.5 Å². The minimum atomic E-state index is -0.730. The average molecular weight is 371 g/mol. The molecule has 2 unspecified atom stereocenters. The molecule has 2 aliphatic carbocycles. The fraction of sp³-hybridized carbons (Fsp3) is 0.600. The van der Waals surface area contributed by atoms with Crippen molar-refractivity contribution in [3.05, 3.63) is 23.3 Å². The fourth-order valence-electron chi connectivity index (χ4n) is 6.40. The number of nitrogens with zero attached hydrogens (tertiary/aromatic N) is 1. The van der Waals surface area contributed by atoms with Gasteiger partial charge in [0, 0.05) is 31.5 Å². The van der Waals surface area contributed by atoms with Crippen LogP contribution in [0.4, 0.5) is 0 Å². The van der Waals surface area contributed by atoms with Crippen LogP contribution in [0, 0.1) is 0 Å². The standard InChI is InChI=1S/C20H21NO6/c1-11(24-10-22)26-14-3-2-12-8-15-20-5-4-13(23)18-19(20,16(12)17(14)27-18)6-7-21(15)9-25-20/h2-3,10-11,15,18H,4-9H2,1H3/t11?,15-,18+,19+,20-/m1/s1. The van der Waals surface area contributed by atoms with Crippen LogP contribution in [0.15, 0.2) is 12.1 Å². The lowest BCUT2D eigenvalue weighted by atomic mass is 9.49. The SMILES string of the molecule is CC(OC=O)Oc1ccc2c3c1O[C@H]1C(=O)CC[C@]45OCN(CC[C@]314)[C@@H]5C2. The van der Waals surface area contributed by atoms with Crippen LogP contribution in [0.25, 0.3) is 0 Å². The molecule has 3 heterocycles. The molecule has 2 saturated heterocycles. The van der Waals surface area contributed by atoms with Gasteiger partial charge in [-0.15, -0.1) is 0 Å². The molecule has 7 nitrogen and oxygen atoms in total. The Morgan fingerprint density at radius 1 is 1.37 bits per heavy atom. The second-order valence-corrected chi connectivity index (χ2v) is 8.23. The zero-order valence-electron chi connectivity index (χ0n) is 15.1. The van der Waals surface area contributed by atoms with Crippen molar-refractivity contribution in [2.45, 2.75) is 62.1 Å². The van der Waals surface area contributed by atoms with Gasteiger partial charge in [0.25, 0.3) is 6.47 Å². The number of ether oxygens (including phenoxy) is 4. The van der Waals surface area contributed by atoms with Gasteiger partial charge in [0.05, 0.1) is 5.41 Å². The molecule has 6 atom stereocenters. The maximum atomic E-state index is 12.9. The van der Waals surface area contributed by atoms with Gasteiger partial charge in [-0.3, -0.25) is 14.5 Å². The Hall–Kier alpha value is -2.12. The van der Waals surface area contributed by atoms with Gasteiger partial charge in [0.1, 0.15) is 12.3 Å². The molecule has 1 aromatic carbocycles. The van der Waals surface area contributed by atoms with E-state index >= 15 is 0 Å². The van der Waals surface area contributed by atoms with Crippen molar-refractivity contribution in [1.82, 2.24) is 4.90 Å². The van der Waals surface area contributed by atoms with Crippen molar-refractivity contribution in [1.29, 1.82) is 0 Å². The number of rotatable bonds is 4. The summed E-state index contributed by atoms with van der Waals surface area (Å²) >= 11 is 0. The van der Waals surface area contributed by atoms with Crippen LogP contribution in [-0.2, 0) is 30.9 Å². The minimum absolute atomic E-state index is 0.149. The van der Waals surface area contributed by atoms with Gasteiger partial charge in [-0.05, 0) is 30.9 Å². The molecule has 1 saturated carbocycles. The van der Waals surface area contributed by atoms with Crippen molar-refractivity contribution in [2.24, 2.45) is 0 Å². The Morgan fingerprint density at radius 3 is 3.11 bits per heavy atom. The topological polar surface area (TPSA) is 74.3 Å². The summed E-state index contributed by atoms with van der Waals surface area (Å²) in [7, 11) is 0. The summed E-state index contributed by atoms with van der Waals surface area (Å²) in [5, 5.41) is 0. The van der Waals surface area contributed by atoms with Gasteiger partial charge in [0.15, 0.2) is 23.4 Å². The molecule has 1 aromatic rings. The molecular formula is C20H21NO6. The van der Waals surface area contributed by atoms with Crippen LogP contribution in [0.2, 0.25) is 0 Å². The summed E-state index contributed by atoms with van der Waals surface area (Å²) in [6.07, 6.45) is 1.74. The number of ketones is 1. The zero-order chi connectivity index (χ0) is 18.4. The van der Waals surface area contributed by atoms with Crippen LogP contribution in [-0.4, -0.2) is 54.5 Å². The lowest BCUT2D eigenvalue weighted by Crippen LogP contribution is -2.73. The number of carbonyl (C=O) groups is 2. The van der Waals surface area contributed by atoms with E-state index in [1.54, 1.807) is 6.92 Å². The number of benzene rings is 1. The summed E-state index contributed by atoms with van der Waals surface area (Å²) in [6.45, 7) is 3.56.